The summed E-state index contributed by atoms with van der Waals surface area (Å²) >= 11 is 1.48. The van der Waals surface area contributed by atoms with Crippen LogP contribution in [0.1, 0.15) is 62.9 Å². The Morgan fingerprint density at radius 3 is 2.59 bits per heavy atom. The van der Waals surface area contributed by atoms with E-state index in [0.29, 0.717) is 18.3 Å². The highest BCUT2D eigenvalue weighted by molar-refractivity contribution is 7.99. The first-order valence-corrected chi connectivity index (χ1v) is 11.6. The predicted octanol–water partition coefficient (Wildman–Crippen LogP) is 3.88. The van der Waals surface area contributed by atoms with Crippen molar-refractivity contribution in [1.82, 2.24) is 25.0 Å². The van der Waals surface area contributed by atoms with Crippen molar-refractivity contribution in [2.75, 3.05) is 19.8 Å². The molecule has 1 N–H and O–H groups in total. The van der Waals surface area contributed by atoms with E-state index in [-0.39, 0.29) is 11.9 Å². The number of carbonyl (C=O) groups excluding carboxylic acids is 1. The zero-order chi connectivity index (χ0) is 20.6. The summed E-state index contributed by atoms with van der Waals surface area (Å²) in [5.74, 6) is 1.43. The van der Waals surface area contributed by atoms with Gasteiger partial charge in [0.25, 0.3) is 0 Å². The van der Waals surface area contributed by atoms with Crippen LogP contribution in [0.5, 0.6) is 0 Å². The number of carbonyl (C=O) groups is 1. The van der Waals surface area contributed by atoms with Gasteiger partial charge in [0.2, 0.25) is 5.91 Å². The third kappa shape index (κ3) is 6.06. The molecule has 1 heterocycles. The lowest BCUT2D eigenvalue weighted by molar-refractivity contribution is -0.119. The monoisotopic (exact) mass is 415 g/mol. The predicted molar refractivity (Wildman–Crippen MR) is 118 cm³/mol. The van der Waals surface area contributed by atoms with Crippen LogP contribution in [0, 0.1) is 0 Å². The van der Waals surface area contributed by atoms with Crippen LogP contribution in [0.4, 0.5) is 0 Å². The van der Waals surface area contributed by atoms with Gasteiger partial charge in [-0.15, -0.1) is 10.2 Å². The molecule has 1 amide bonds. The lowest BCUT2D eigenvalue weighted by atomic mass is 9.95. The summed E-state index contributed by atoms with van der Waals surface area (Å²) in [5.41, 5.74) is 1.20. The second-order valence-electron chi connectivity index (χ2n) is 7.99. The van der Waals surface area contributed by atoms with Crippen LogP contribution in [0.25, 0.3) is 0 Å². The average Bonchev–Trinajstić information content (AvgIpc) is 3.10. The highest BCUT2D eigenvalue weighted by Gasteiger charge is 2.23. The number of rotatable bonds is 9. The summed E-state index contributed by atoms with van der Waals surface area (Å²) in [6.45, 7) is 2.87. The van der Waals surface area contributed by atoms with Gasteiger partial charge in [0.05, 0.1) is 18.3 Å². The van der Waals surface area contributed by atoms with E-state index in [9.17, 15) is 4.79 Å². The van der Waals surface area contributed by atoms with Crippen molar-refractivity contribution in [3.8, 4) is 0 Å². The molecule has 0 unspecified atom stereocenters. The highest BCUT2D eigenvalue weighted by atomic mass is 32.2. The van der Waals surface area contributed by atoms with Gasteiger partial charge in [0.1, 0.15) is 0 Å². The van der Waals surface area contributed by atoms with Crippen molar-refractivity contribution in [1.29, 1.82) is 0 Å². The Kier molecular flexibility index (Phi) is 8.12. The second-order valence-corrected chi connectivity index (χ2v) is 8.93. The molecule has 29 heavy (non-hydrogen) atoms. The van der Waals surface area contributed by atoms with Crippen molar-refractivity contribution < 1.29 is 4.79 Å². The molecule has 0 radical (unpaired) electrons. The van der Waals surface area contributed by atoms with Crippen LogP contribution in [0.3, 0.4) is 0 Å². The van der Waals surface area contributed by atoms with Crippen LogP contribution in [-0.2, 0) is 11.3 Å². The zero-order valence-electron chi connectivity index (χ0n) is 17.8. The summed E-state index contributed by atoms with van der Waals surface area (Å²) in [4.78, 5) is 14.6. The van der Waals surface area contributed by atoms with E-state index in [1.54, 1.807) is 0 Å². The first kappa shape index (κ1) is 21.8. The minimum atomic E-state index is 0.0948. The van der Waals surface area contributed by atoms with Gasteiger partial charge in [-0.2, -0.15) is 0 Å². The maximum absolute atomic E-state index is 12.5. The molecule has 0 spiro atoms. The van der Waals surface area contributed by atoms with E-state index in [2.05, 4.69) is 58.1 Å². The van der Waals surface area contributed by atoms with Crippen molar-refractivity contribution in [3.63, 3.8) is 0 Å². The van der Waals surface area contributed by atoms with E-state index in [1.165, 1.54) is 36.6 Å². The smallest absolute Gasteiger partial charge is 0.230 e. The zero-order valence-corrected chi connectivity index (χ0v) is 18.6. The number of nitrogens with zero attached hydrogens (tertiary/aromatic N) is 4. The van der Waals surface area contributed by atoms with Crippen molar-refractivity contribution in [2.24, 2.45) is 0 Å². The van der Waals surface area contributed by atoms with Gasteiger partial charge < -0.3 is 9.88 Å². The van der Waals surface area contributed by atoms with E-state index in [1.807, 2.05) is 18.2 Å². The number of thioether (sulfide) groups is 1. The van der Waals surface area contributed by atoms with Gasteiger partial charge in [-0.05, 0) is 38.9 Å². The number of amides is 1. The molecule has 1 aliphatic rings. The summed E-state index contributed by atoms with van der Waals surface area (Å²) in [5, 5.41) is 13.0. The molecule has 3 rings (SSSR count). The lowest BCUT2D eigenvalue weighted by Crippen LogP contribution is -2.37. The topological polar surface area (TPSA) is 63.1 Å². The van der Waals surface area contributed by atoms with Gasteiger partial charge in [-0.1, -0.05) is 68.3 Å². The van der Waals surface area contributed by atoms with Gasteiger partial charge in [0, 0.05) is 6.04 Å². The van der Waals surface area contributed by atoms with Crippen LogP contribution in [-0.4, -0.2) is 51.5 Å². The Hall–Kier alpha value is -1.86. The van der Waals surface area contributed by atoms with Crippen LogP contribution < -0.4 is 5.32 Å². The SMILES string of the molecule is CC[C@H](c1nnc(SCC(=O)NC2CCCCC2)n1Cc1ccccc1)N(C)C. The van der Waals surface area contributed by atoms with Crippen LogP contribution >= 0.6 is 11.8 Å². The number of nitrogens with one attached hydrogen (secondary N) is 1. The maximum Gasteiger partial charge on any atom is 0.230 e. The number of aromatic nitrogens is 3. The van der Waals surface area contributed by atoms with E-state index < -0.39 is 0 Å². The number of benzene rings is 1. The van der Waals surface area contributed by atoms with E-state index in [4.69, 9.17) is 0 Å². The Balaban J connectivity index is 1.72. The van der Waals surface area contributed by atoms with Crippen LogP contribution in [0.2, 0.25) is 0 Å². The Morgan fingerprint density at radius 1 is 1.21 bits per heavy atom. The fourth-order valence-electron chi connectivity index (χ4n) is 3.99. The number of hydrogen-bond donors (Lipinski definition) is 1. The van der Waals surface area contributed by atoms with Gasteiger partial charge in [-0.25, -0.2) is 0 Å². The van der Waals surface area contributed by atoms with Crippen molar-refractivity contribution in [3.05, 3.63) is 41.7 Å². The maximum atomic E-state index is 12.5. The van der Waals surface area contributed by atoms with Crippen LogP contribution in [0.15, 0.2) is 35.5 Å². The Morgan fingerprint density at radius 2 is 1.93 bits per heavy atom. The summed E-state index contributed by atoms with van der Waals surface area (Å²) in [6.07, 6.45) is 6.88. The molecule has 1 atom stereocenters. The first-order valence-electron chi connectivity index (χ1n) is 10.6. The molecule has 1 aromatic heterocycles. The molecular formula is C22H33N5OS. The quantitative estimate of drug-likeness (QED) is 0.630. The largest absolute Gasteiger partial charge is 0.353 e. The molecule has 158 valence electrons. The normalized spacial score (nSPS) is 16.1. The summed E-state index contributed by atoms with van der Waals surface area (Å²) < 4.78 is 2.17. The molecule has 1 fully saturated rings. The third-order valence-corrected chi connectivity index (χ3v) is 6.51. The average molecular weight is 416 g/mol. The van der Waals surface area contributed by atoms with Gasteiger partial charge in [-0.3, -0.25) is 9.69 Å². The first-order chi connectivity index (χ1) is 14.1. The van der Waals surface area contributed by atoms with E-state index in [0.717, 1.165) is 30.2 Å². The standard InChI is InChI=1S/C22H33N5OS/c1-4-19(26(2)3)21-24-25-22(27(21)15-17-11-7-5-8-12-17)29-16-20(28)23-18-13-9-6-10-14-18/h5,7-8,11-12,18-19H,4,6,9-10,13-16H2,1-3H3,(H,23,28)/t19-/m1/s1. The molecule has 1 aromatic carbocycles. The summed E-state index contributed by atoms with van der Waals surface area (Å²) in [6, 6.07) is 10.9. The molecule has 0 saturated heterocycles. The minimum Gasteiger partial charge on any atom is -0.353 e. The molecule has 0 aliphatic heterocycles. The van der Waals surface area contributed by atoms with Crippen molar-refractivity contribution >= 4 is 17.7 Å². The molecule has 2 aromatic rings. The van der Waals surface area contributed by atoms with E-state index >= 15 is 0 Å². The Labute approximate surface area is 178 Å². The fourth-order valence-corrected chi connectivity index (χ4v) is 4.75. The lowest BCUT2D eigenvalue weighted by Gasteiger charge is -2.23. The van der Waals surface area contributed by atoms with Gasteiger partial charge in [0.15, 0.2) is 11.0 Å². The molecular weight excluding hydrogens is 382 g/mol. The number of hydrogen-bond acceptors (Lipinski definition) is 5. The third-order valence-electron chi connectivity index (χ3n) is 5.54. The molecule has 1 aliphatic carbocycles. The Bertz CT molecular complexity index is 771. The summed E-state index contributed by atoms with van der Waals surface area (Å²) in [7, 11) is 4.14. The second kappa shape index (κ2) is 10.8. The molecule has 7 heteroatoms. The van der Waals surface area contributed by atoms with Gasteiger partial charge >= 0.3 is 0 Å². The fraction of sp³-hybridized carbons (Fsp3) is 0.591. The molecule has 0 bridgehead atoms. The van der Waals surface area contributed by atoms with Crippen molar-refractivity contribution in [2.45, 2.75) is 69.2 Å². The highest BCUT2D eigenvalue weighted by Crippen LogP contribution is 2.26. The molecule has 1 saturated carbocycles. The minimum absolute atomic E-state index is 0.0948. The molecule has 6 nitrogen and oxygen atoms in total.